The van der Waals surface area contributed by atoms with Crippen LogP contribution in [0.4, 0.5) is 0 Å². The number of rotatable bonds is 2. The molecule has 2 N–H and O–H groups in total. The van der Waals surface area contributed by atoms with Gasteiger partial charge in [-0.2, -0.15) is 0 Å². The Morgan fingerprint density at radius 2 is 2.35 bits per heavy atom. The molecular formula is C13H17ClN2O. The van der Waals surface area contributed by atoms with Crippen molar-refractivity contribution in [2.75, 3.05) is 19.6 Å². The van der Waals surface area contributed by atoms with E-state index in [1.54, 1.807) is 6.07 Å². The van der Waals surface area contributed by atoms with Crippen molar-refractivity contribution >= 4 is 17.5 Å². The summed E-state index contributed by atoms with van der Waals surface area (Å²) in [7, 11) is 0. The Morgan fingerprint density at radius 1 is 1.59 bits per heavy atom. The topological polar surface area (TPSA) is 46.3 Å². The third kappa shape index (κ3) is 2.45. The van der Waals surface area contributed by atoms with Crippen LogP contribution in [-0.4, -0.2) is 30.4 Å². The summed E-state index contributed by atoms with van der Waals surface area (Å²) in [5.41, 5.74) is 7.16. The van der Waals surface area contributed by atoms with E-state index in [0.717, 1.165) is 25.1 Å². The number of likely N-dealkylation sites (tertiary alicyclic amines) is 1. The Morgan fingerprint density at radius 3 is 3.00 bits per heavy atom. The average molecular weight is 253 g/mol. The first-order valence-corrected chi connectivity index (χ1v) is 6.25. The zero-order chi connectivity index (χ0) is 12.4. The Hall–Kier alpha value is -1.06. The number of amides is 1. The van der Waals surface area contributed by atoms with Gasteiger partial charge in [-0.3, -0.25) is 4.79 Å². The van der Waals surface area contributed by atoms with Crippen molar-refractivity contribution in [3.63, 3.8) is 0 Å². The van der Waals surface area contributed by atoms with Gasteiger partial charge in [-0.15, -0.1) is 0 Å². The first kappa shape index (κ1) is 12.4. The van der Waals surface area contributed by atoms with Crippen molar-refractivity contribution < 1.29 is 4.79 Å². The lowest BCUT2D eigenvalue weighted by molar-refractivity contribution is 0.0787. The molecule has 1 atom stereocenters. The van der Waals surface area contributed by atoms with Crippen molar-refractivity contribution in [3.05, 3.63) is 34.3 Å². The number of carbonyl (C=O) groups is 1. The smallest absolute Gasteiger partial charge is 0.255 e. The molecule has 92 valence electrons. The van der Waals surface area contributed by atoms with Crippen molar-refractivity contribution in [3.8, 4) is 0 Å². The number of carbonyl (C=O) groups excluding carboxylic acids is 1. The van der Waals surface area contributed by atoms with Crippen LogP contribution in [0.25, 0.3) is 0 Å². The normalized spacial score (nSPS) is 19.7. The molecule has 4 heteroatoms. The van der Waals surface area contributed by atoms with Gasteiger partial charge in [0, 0.05) is 13.1 Å². The molecule has 1 fully saturated rings. The van der Waals surface area contributed by atoms with Crippen LogP contribution in [0.3, 0.4) is 0 Å². The number of nitrogens with two attached hydrogens (primary N) is 1. The molecule has 1 aliphatic heterocycles. The third-order valence-electron chi connectivity index (χ3n) is 3.33. The molecule has 17 heavy (non-hydrogen) atoms. The van der Waals surface area contributed by atoms with E-state index in [0.29, 0.717) is 23.0 Å². The summed E-state index contributed by atoms with van der Waals surface area (Å²) in [6.45, 7) is 4.09. The van der Waals surface area contributed by atoms with Gasteiger partial charge in [0.25, 0.3) is 5.91 Å². The molecular weight excluding hydrogens is 236 g/mol. The van der Waals surface area contributed by atoms with E-state index < -0.39 is 0 Å². The predicted molar refractivity (Wildman–Crippen MR) is 69.3 cm³/mol. The number of nitrogens with zero attached hydrogens (tertiary/aromatic N) is 1. The van der Waals surface area contributed by atoms with Gasteiger partial charge in [0.2, 0.25) is 0 Å². The highest BCUT2D eigenvalue weighted by Gasteiger charge is 2.27. The first-order valence-electron chi connectivity index (χ1n) is 5.88. The van der Waals surface area contributed by atoms with Crippen LogP contribution in [0.15, 0.2) is 18.2 Å². The fraction of sp³-hybridized carbons (Fsp3) is 0.462. The van der Waals surface area contributed by atoms with Gasteiger partial charge in [0.1, 0.15) is 0 Å². The lowest BCUT2D eigenvalue weighted by atomic mass is 10.1. The van der Waals surface area contributed by atoms with Crippen LogP contribution in [0, 0.1) is 12.8 Å². The van der Waals surface area contributed by atoms with Gasteiger partial charge in [-0.1, -0.05) is 23.7 Å². The first-order chi connectivity index (χ1) is 8.13. The van der Waals surface area contributed by atoms with Crippen molar-refractivity contribution in [2.24, 2.45) is 11.7 Å². The van der Waals surface area contributed by atoms with Crippen LogP contribution in [-0.2, 0) is 0 Å². The lowest BCUT2D eigenvalue weighted by Crippen LogP contribution is -2.30. The molecule has 2 rings (SSSR count). The van der Waals surface area contributed by atoms with Gasteiger partial charge < -0.3 is 10.6 Å². The highest BCUT2D eigenvalue weighted by atomic mass is 35.5. The summed E-state index contributed by atoms with van der Waals surface area (Å²) in [5.74, 6) is 0.456. The summed E-state index contributed by atoms with van der Waals surface area (Å²) in [4.78, 5) is 14.1. The monoisotopic (exact) mass is 252 g/mol. The second kappa shape index (κ2) is 5.07. The average Bonchev–Trinajstić information content (AvgIpc) is 2.80. The Balaban J connectivity index is 2.18. The summed E-state index contributed by atoms with van der Waals surface area (Å²) in [6.07, 6.45) is 0.992. The molecule has 1 aromatic carbocycles. The molecule has 1 unspecified atom stereocenters. The van der Waals surface area contributed by atoms with E-state index in [2.05, 4.69) is 0 Å². The zero-order valence-corrected chi connectivity index (χ0v) is 10.7. The number of halogens is 1. The molecule has 0 spiro atoms. The molecule has 0 radical (unpaired) electrons. The number of benzene rings is 1. The molecule has 0 aliphatic carbocycles. The van der Waals surface area contributed by atoms with E-state index >= 15 is 0 Å². The number of hydrogen-bond donors (Lipinski definition) is 1. The van der Waals surface area contributed by atoms with Crippen LogP contribution in [0.2, 0.25) is 5.02 Å². The lowest BCUT2D eigenvalue weighted by Gasteiger charge is -2.17. The maximum Gasteiger partial charge on any atom is 0.255 e. The Kier molecular flexibility index (Phi) is 3.69. The van der Waals surface area contributed by atoms with Crippen molar-refractivity contribution in [1.29, 1.82) is 0 Å². The second-order valence-corrected chi connectivity index (χ2v) is 4.96. The minimum absolute atomic E-state index is 0.0228. The SMILES string of the molecule is Cc1cccc(C(=O)N2CCC(CN)C2)c1Cl. The molecule has 1 amide bonds. The van der Waals surface area contributed by atoms with Gasteiger partial charge in [-0.05, 0) is 37.4 Å². The summed E-state index contributed by atoms with van der Waals surface area (Å²) in [6, 6.07) is 5.56. The molecule has 3 nitrogen and oxygen atoms in total. The summed E-state index contributed by atoms with van der Waals surface area (Å²) in [5, 5.41) is 0.564. The van der Waals surface area contributed by atoms with E-state index in [1.165, 1.54) is 0 Å². The highest BCUT2D eigenvalue weighted by Crippen LogP contribution is 2.24. The fourth-order valence-corrected chi connectivity index (χ4v) is 2.40. The minimum Gasteiger partial charge on any atom is -0.338 e. The molecule has 0 bridgehead atoms. The van der Waals surface area contributed by atoms with Gasteiger partial charge >= 0.3 is 0 Å². The number of hydrogen-bond acceptors (Lipinski definition) is 2. The van der Waals surface area contributed by atoms with E-state index in [-0.39, 0.29) is 5.91 Å². The molecule has 0 aromatic heterocycles. The van der Waals surface area contributed by atoms with Crippen LogP contribution in [0.1, 0.15) is 22.3 Å². The standard InChI is InChI=1S/C13H17ClN2O/c1-9-3-2-4-11(12(9)14)13(17)16-6-5-10(7-15)8-16/h2-4,10H,5-8,15H2,1H3. The minimum atomic E-state index is 0.0228. The van der Waals surface area contributed by atoms with E-state index in [1.807, 2.05) is 24.0 Å². The quantitative estimate of drug-likeness (QED) is 0.876. The maximum absolute atomic E-state index is 12.3. The van der Waals surface area contributed by atoms with Gasteiger partial charge in [0.05, 0.1) is 10.6 Å². The number of aryl methyl sites for hydroxylation is 1. The van der Waals surface area contributed by atoms with E-state index in [4.69, 9.17) is 17.3 Å². The van der Waals surface area contributed by atoms with Crippen molar-refractivity contribution in [1.82, 2.24) is 4.90 Å². The zero-order valence-electron chi connectivity index (χ0n) is 9.95. The molecule has 1 saturated heterocycles. The van der Waals surface area contributed by atoms with Crippen molar-refractivity contribution in [2.45, 2.75) is 13.3 Å². The molecule has 1 aromatic rings. The van der Waals surface area contributed by atoms with Gasteiger partial charge in [-0.25, -0.2) is 0 Å². The van der Waals surface area contributed by atoms with Crippen LogP contribution < -0.4 is 5.73 Å². The Bertz CT molecular complexity index is 433. The summed E-state index contributed by atoms with van der Waals surface area (Å²) < 4.78 is 0. The van der Waals surface area contributed by atoms with Crippen LogP contribution >= 0.6 is 11.6 Å². The fourth-order valence-electron chi connectivity index (χ4n) is 2.19. The summed E-state index contributed by atoms with van der Waals surface area (Å²) >= 11 is 6.16. The molecule has 1 heterocycles. The largest absolute Gasteiger partial charge is 0.338 e. The molecule has 1 aliphatic rings. The van der Waals surface area contributed by atoms with Gasteiger partial charge in [0.15, 0.2) is 0 Å². The highest BCUT2D eigenvalue weighted by molar-refractivity contribution is 6.34. The predicted octanol–water partition coefficient (Wildman–Crippen LogP) is 2.07. The maximum atomic E-state index is 12.3. The Labute approximate surface area is 107 Å². The molecule has 0 saturated carbocycles. The van der Waals surface area contributed by atoms with E-state index in [9.17, 15) is 4.79 Å². The second-order valence-electron chi connectivity index (χ2n) is 4.58. The van der Waals surface area contributed by atoms with Crippen LogP contribution in [0.5, 0.6) is 0 Å². The third-order valence-corrected chi connectivity index (χ3v) is 3.83.